The van der Waals surface area contributed by atoms with E-state index in [4.69, 9.17) is 11.6 Å². The zero-order chi connectivity index (χ0) is 16.3. The van der Waals surface area contributed by atoms with Gasteiger partial charge in [-0.15, -0.1) is 0 Å². The molecule has 1 aromatic rings. The molecule has 1 aromatic carbocycles. The lowest BCUT2D eigenvalue weighted by molar-refractivity contribution is 0.232. The Morgan fingerprint density at radius 1 is 1.27 bits per heavy atom. The number of hydrogen-bond acceptors (Lipinski definition) is 3. The van der Waals surface area contributed by atoms with Crippen LogP contribution in [0.25, 0.3) is 0 Å². The first kappa shape index (κ1) is 17.1. The molecule has 1 saturated carbocycles. The van der Waals surface area contributed by atoms with Gasteiger partial charge in [0.25, 0.3) is 0 Å². The Morgan fingerprint density at radius 3 is 2.59 bits per heavy atom. The highest BCUT2D eigenvalue weighted by molar-refractivity contribution is 7.90. The van der Waals surface area contributed by atoms with E-state index < -0.39 is 9.84 Å². The molecule has 0 radical (unpaired) electrons. The molecular formula is C15H21ClN2O3S. The molecule has 7 heteroatoms. The summed E-state index contributed by atoms with van der Waals surface area (Å²) in [4.78, 5) is 12.2. The molecule has 122 valence electrons. The molecule has 0 heterocycles. The minimum atomic E-state index is -3.34. The summed E-state index contributed by atoms with van der Waals surface area (Å²) in [6.45, 7) is 2.13. The number of halogens is 1. The van der Waals surface area contributed by atoms with Crippen molar-refractivity contribution in [3.63, 3.8) is 0 Å². The third-order valence-corrected chi connectivity index (χ3v) is 5.48. The van der Waals surface area contributed by atoms with Crippen molar-refractivity contribution >= 4 is 33.2 Å². The van der Waals surface area contributed by atoms with E-state index in [9.17, 15) is 13.2 Å². The maximum absolute atomic E-state index is 12.1. The van der Waals surface area contributed by atoms with Gasteiger partial charge in [-0.25, -0.2) is 13.2 Å². The van der Waals surface area contributed by atoms with E-state index in [0.29, 0.717) is 16.6 Å². The SMILES string of the molecule is C[C@H]1CCCC[C@@H]1NC(=O)Nc1cc(S(C)(=O)=O)ccc1Cl. The van der Waals surface area contributed by atoms with Gasteiger partial charge in [-0.2, -0.15) is 0 Å². The molecule has 2 N–H and O–H groups in total. The number of nitrogens with one attached hydrogen (secondary N) is 2. The predicted molar refractivity (Wildman–Crippen MR) is 88.1 cm³/mol. The predicted octanol–water partition coefficient (Wildman–Crippen LogP) is 3.44. The van der Waals surface area contributed by atoms with Gasteiger partial charge in [0, 0.05) is 12.3 Å². The average Bonchev–Trinajstić information content (AvgIpc) is 2.42. The molecule has 0 aliphatic heterocycles. The lowest BCUT2D eigenvalue weighted by atomic mass is 9.86. The smallest absolute Gasteiger partial charge is 0.319 e. The van der Waals surface area contributed by atoms with E-state index in [2.05, 4.69) is 17.6 Å². The molecule has 5 nitrogen and oxygen atoms in total. The lowest BCUT2D eigenvalue weighted by Gasteiger charge is -2.29. The van der Waals surface area contributed by atoms with Crippen molar-refractivity contribution in [2.24, 2.45) is 5.92 Å². The zero-order valence-electron chi connectivity index (χ0n) is 12.7. The first-order chi connectivity index (χ1) is 10.3. The molecule has 0 unspecified atom stereocenters. The summed E-state index contributed by atoms with van der Waals surface area (Å²) in [5.41, 5.74) is 0.297. The summed E-state index contributed by atoms with van der Waals surface area (Å²) in [5.74, 6) is 0.442. The number of anilines is 1. The molecule has 1 aliphatic carbocycles. The van der Waals surface area contributed by atoms with Gasteiger partial charge in [-0.1, -0.05) is 31.4 Å². The van der Waals surface area contributed by atoms with E-state index in [-0.39, 0.29) is 17.0 Å². The number of benzene rings is 1. The molecule has 22 heavy (non-hydrogen) atoms. The number of urea groups is 1. The Hall–Kier alpha value is -1.27. The molecule has 0 aromatic heterocycles. The van der Waals surface area contributed by atoms with Crippen molar-refractivity contribution in [2.45, 2.75) is 43.5 Å². The van der Waals surface area contributed by atoms with Crippen molar-refractivity contribution in [1.29, 1.82) is 0 Å². The monoisotopic (exact) mass is 344 g/mol. The summed E-state index contributed by atoms with van der Waals surface area (Å²) in [6, 6.07) is 4.05. The van der Waals surface area contributed by atoms with Crippen LogP contribution < -0.4 is 10.6 Å². The summed E-state index contributed by atoms with van der Waals surface area (Å²) in [7, 11) is -3.34. The molecule has 2 rings (SSSR count). The number of carbonyl (C=O) groups is 1. The Labute approximate surface area is 136 Å². The van der Waals surface area contributed by atoms with Gasteiger partial charge >= 0.3 is 6.03 Å². The molecule has 1 fully saturated rings. The summed E-state index contributed by atoms with van der Waals surface area (Å²) < 4.78 is 23.1. The minimum absolute atomic E-state index is 0.123. The van der Waals surface area contributed by atoms with Gasteiger partial charge < -0.3 is 10.6 Å². The number of hydrogen-bond donors (Lipinski definition) is 2. The van der Waals surface area contributed by atoms with Crippen LogP contribution in [0.1, 0.15) is 32.6 Å². The van der Waals surface area contributed by atoms with Crippen molar-refractivity contribution in [3.8, 4) is 0 Å². The molecule has 2 atom stereocenters. The standard InChI is InChI=1S/C15H21ClN2O3S/c1-10-5-3-4-6-13(10)17-15(19)18-14-9-11(22(2,20)21)7-8-12(14)16/h7-10,13H,3-6H2,1-2H3,(H2,17,18,19)/t10-,13-/m0/s1. The van der Waals surface area contributed by atoms with Crippen LogP contribution in [0.2, 0.25) is 5.02 Å². The van der Waals surface area contributed by atoms with E-state index in [1.54, 1.807) is 0 Å². The highest BCUT2D eigenvalue weighted by atomic mass is 35.5. The minimum Gasteiger partial charge on any atom is -0.335 e. The van der Waals surface area contributed by atoms with Crippen LogP contribution in [0.15, 0.2) is 23.1 Å². The van der Waals surface area contributed by atoms with Crippen LogP contribution in [0, 0.1) is 5.92 Å². The third kappa shape index (κ3) is 4.36. The molecule has 0 spiro atoms. The van der Waals surface area contributed by atoms with Gasteiger partial charge in [0.15, 0.2) is 9.84 Å². The third-order valence-electron chi connectivity index (χ3n) is 4.04. The van der Waals surface area contributed by atoms with Gasteiger partial charge in [0.2, 0.25) is 0 Å². The average molecular weight is 345 g/mol. The molecule has 0 bridgehead atoms. The first-order valence-electron chi connectivity index (χ1n) is 7.34. The Bertz CT molecular complexity index is 661. The van der Waals surface area contributed by atoms with E-state index in [0.717, 1.165) is 25.5 Å². The van der Waals surface area contributed by atoms with Crippen molar-refractivity contribution in [2.75, 3.05) is 11.6 Å². The Kier molecular flexibility index (Phi) is 5.34. The van der Waals surface area contributed by atoms with Crippen LogP contribution in [-0.4, -0.2) is 26.7 Å². The highest BCUT2D eigenvalue weighted by Gasteiger charge is 2.23. The second-order valence-electron chi connectivity index (χ2n) is 5.88. The zero-order valence-corrected chi connectivity index (χ0v) is 14.3. The topological polar surface area (TPSA) is 75.3 Å². The highest BCUT2D eigenvalue weighted by Crippen LogP contribution is 2.26. The molecule has 2 amide bonds. The quantitative estimate of drug-likeness (QED) is 0.881. The summed E-state index contributed by atoms with van der Waals surface area (Å²) >= 11 is 6.02. The molecular weight excluding hydrogens is 324 g/mol. The molecule has 0 saturated heterocycles. The number of amides is 2. The first-order valence-corrected chi connectivity index (χ1v) is 9.61. The summed E-state index contributed by atoms with van der Waals surface area (Å²) in [6.07, 6.45) is 5.49. The second-order valence-corrected chi connectivity index (χ2v) is 8.30. The fourth-order valence-electron chi connectivity index (χ4n) is 2.69. The fourth-order valence-corrected chi connectivity index (χ4v) is 3.50. The van der Waals surface area contributed by atoms with Gasteiger partial charge in [-0.05, 0) is 37.0 Å². The van der Waals surface area contributed by atoms with E-state index in [1.165, 1.54) is 24.6 Å². The second kappa shape index (κ2) is 6.87. The summed E-state index contributed by atoms with van der Waals surface area (Å²) in [5, 5.41) is 5.89. The number of sulfone groups is 1. The van der Waals surface area contributed by atoms with Crippen LogP contribution in [0.5, 0.6) is 0 Å². The van der Waals surface area contributed by atoms with E-state index in [1.807, 2.05) is 0 Å². The van der Waals surface area contributed by atoms with Crippen molar-refractivity contribution in [1.82, 2.24) is 5.32 Å². The van der Waals surface area contributed by atoms with Crippen molar-refractivity contribution in [3.05, 3.63) is 23.2 Å². The van der Waals surface area contributed by atoms with Gasteiger partial charge in [-0.3, -0.25) is 0 Å². The number of rotatable bonds is 3. The van der Waals surface area contributed by atoms with E-state index >= 15 is 0 Å². The fraction of sp³-hybridized carbons (Fsp3) is 0.533. The maximum Gasteiger partial charge on any atom is 0.319 e. The van der Waals surface area contributed by atoms with Crippen LogP contribution in [0.4, 0.5) is 10.5 Å². The Balaban J connectivity index is 2.08. The maximum atomic E-state index is 12.1. The normalized spacial score (nSPS) is 22.1. The van der Waals surface area contributed by atoms with Crippen molar-refractivity contribution < 1.29 is 13.2 Å². The van der Waals surface area contributed by atoms with Crippen LogP contribution >= 0.6 is 11.6 Å². The Morgan fingerprint density at radius 2 is 1.95 bits per heavy atom. The largest absolute Gasteiger partial charge is 0.335 e. The van der Waals surface area contributed by atoms with Crippen LogP contribution in [-0.2, 0) is 9.84 Å². The van der Waals surface area contributed by atoms with Crippen LogP contribution in [0.3, 0.4) is 0 Å². The van der Waals surface area contributed by atoms with Gasteiger partial charge in [0.1, 0.15) is 0 Å². The molecule has 1 aliphatic rings. The lowest BCUT2D eigenvalue weighted by Crippen LogP contribution is -2.43. The van der Waals surface area contributed by atoms with Gasteiger partial charge in [0.05, 0.1) is 15.6 Å². The number of carbonyl (C=O) groups excluding carboxylic acids is 1.